The molecule has 3 rings (SSSR count). The molecule has 0 amide bonds. The number of carbonyl (C=O) groups is 6. The van der Waals surface area contributed by atoms with Gasteiger partial charge in [0.05, 0.1) is 11.5 Å². The van der Waals surface area contributed by atoms with Gasteiger partial charge in [-0.3, -0.25) is 9.59 Å². The third-order valence-electron chi connectivity index (χ3n) is 10.6. The van der Waals surface area contributed by atoms with Crippen molar-refractivity contribution < 1.29 is 77.2 Å². The van der Waals surface area contributed by atoms with E-state index in [0.29, 0.717) is 18.8 Å². The number of carbonyl (C=O) groups excluding carboxylic acids is 5. The van der Waals surface area contributed by atoms with Gasteiger partial charge < -0.3 is 48.5 Å². The second-order valence-electron chi connectivity index (χ2n) is 17.2. The average molecular weight is 847 g/mol. The Kier molecular flexibility index (Phi) is 16.8. The van der Waals surface area contributed by atoms with Gasteiger partial charge >= 0.3 is 35.8 Å². The van der Waals surface area contributed by atoms with Gasteiger partial charge in [0.2, 0.25) is 29.9 Å². The zero-order valence-electron chi connectivity index (χ0n) is 36.3. The van der Waals surface area contributed by atoms with E-state index in [1.54, 1.807) is 0 Å². The van der Waals surface area contributed by atoms with E-state index in [2.05, 4.69) is 6.58 Å². The Bertz CT molecular complexity index is 1750. The first-order chi connectivity index (χ1) is 27.9. The van der Waals surface area contributed by atoms with Crippen LogP contribution in [0.3, 0.4) is 0 Å². The van der Waals surface area contributed by atoms with Crippen molar-refractivity contribution in [1.29, 1.82) is 0 Å². The van der Waals surface area contributed by atoms with Crippen LogP contribution < -0.4 is 0 Å². The van der Waals surface area contributed by atoms with Crippen molar-refractivity contribution in [1.82, 2.24) is 0 Å². The van der Waals surface area contributed by atoms with Crippen molar-refractivity contribution in [2.24, 2.45) is 23.2 Å². The summed E-state index contributed by atoms with van der Waals surface area (Å²) in [5.74, 6) is -11.0. The van der Waals surface area contributed by atoms with Gasteiger partial charge in [-0.05, 0) is 76.9 Å². The number of hydrogen-bond acceptors (Lipinski definition) is 15. The average Bonchev–Trinajstić information content (AvgIpc) is 3.37. The summed E-state index contributed by atoms with van der Waals surface area (Å²) in [6, 6.07) is 9.35. The molecule has 2 saturated heterocycles. The standard InChI is InChI=1S/C44H62O16/c1-12-26(4)22-27(5)18-19-32(46)58-35-34(47)42(21-20-28(6)33(57-30(8)45)29(7)23-31-16-14-13-15-17-31)59-36(37(48)56-25(2)3)43(53,44(35,60-42)38(49)50)40(52)55-24-54-39(51)41(9,10)11/h13-19,25-27,29,33-36,47,53H,6,12,20-24H2,1-5,7-11H3,(H,49,50)/b19-18+/t26-,27+,29+,33+,34+,35+,36?,42?,43?,44?/m0/s1. The van der Waals surface area contributed by atoms with Gasteiger partial charge in [-0.15, -0.1) is 0 Å². The molecule has 0 spiro atoms. The Morgan fingerprint density at radius 3 is 2.17 bits per heavy atom. The zero-order valence-corrected chi connectivity index (χ0v) is 36.3. The number of ether oxygens (including phenoxy) is 7. The summed E-state index contributed by atoms with van der Waals surface area (Å²) < 4.78 is 38.8. The van der Waals surface area contributed by atoms with Gasteiger partial charge in [0.25, 0.3) is 0 Å². The van der Waals surface area contributed by atoms with Gasteiger partial charge in [0.15, 0.2) is 6.10 Å². The summed E-state index contributed by atoms with van der Waals surface area (Å²) in [7, 11) is 0. The second-order valence-corrected chi connectivity index (χ2v) is 17.2. The van der Waals surface area contributed by atoms with Crippen molar-refractivity contribution >= 4 is 35.8 Å². The smallest absolute Gasteiger partial charge is 0.348 e. The highest BCUT2D eigenvalue weighted by Gasteiger charge is 2.86. The number of hydrogen-bond donors (Lipinski definition) is 3. The molecule has 4 unspecified atom stereocenters. The summed E-state index contributed by atoms with van der Waals surface area (Å²) in [5.41, 5.74) is -7.18. The molecule has 16 nitrogen and oxygen atoms in total. The summed E-state index contributed by atoms with van der Waals surface area (Å²) in [6.07, 6.45) is -5.46. The molecule has 10 atom stereocenters. The van der Waals surface area contributed by atoms with Crippen molar-refractivity contribution in [3.63, 3.8) is 0 Å². The number of aliphatic hydroxyl groups excluding tert-OH is 1. The molecular weight excluding hydrogens is 784 g/mol. The Labute approximate surface area is 351 Å². The molecule has 0 aliphatic carbocycles. The van der Waals surface area contributed by atoms with Crippen LogP contribution in [0.2, 0.25) is 0 Å². The lowest BCUT2D eigenvalue weighted by Gasteiger charge is -2.49. The highest BCUT2D eigenvalue weighted by molar-refractivity contribution is 5.99. The molecule has 0 aromatic heterocycles. The first-order valence-electron chi connectivity index (χ1n) is 20.2. The molecular formula is C44H62O16. The lowest BCUT2D eigenvalue weighted by atomic mass is 9.74. The van der Waals surface area contributed by atoms with Crippen LogP contribution in [0, 0.1) is 23.2 Å². The number of aliphatic hydroxyl groups is 2. The van der Waals surface area contributed by atoms with Crippen LogP contribution in [0.4, 0.5) is 0 Å². The molecule has 2 aliphatic rings. The van der Waals surface area contributed by atoms with E-state index in [1.165, 1.54) is 47.6 Å². The number of esters is 5. The fraction of sp³-hybridized carbons (Fsp3) is 0.636. The number of benzene rings is 1. The van der Waals surface area contributed by atoms with E-state index in [1.807, 2.05) is 58.0 Å². The number of rotatable bonds is 20. The van der Waals surface area contributed by atoms with E-state index >= 15 is 0 Å². The minimum Gasteiger partial charge on any atom is -0.479 e. The van der Waals surface area contributed by atoms with Crippen LogP contribution in [0.25, 0.3) is 0 Å². The Hall–Kier alpha value is -4.64. The van der Waals surface area contributed by atoms with Crippen molar-refractivity contribution in [2.45, 2.75) is 149 Å². The number of carboxylic acid groups (broad SMARTS) is 1. The minimum atomic E-state index is -3.78. The number of allylic oxidation sites excluding steroid dienone is 1. The fourth-order valence-electron chi connectivity index (χ4n) is 7.32. The predicted octanol–water partition coefficient (Wildman–Crippen LogP) is 4.76. The summed E-state index contributed by atoms with van der Waals surface area (Å²) >= 11 is 0. The molecule has 60 heavy (non-hydrogen) atoms. The normalized spacial score (nSPS) is 27.0. The number of carboxylic acids is 1. The van der Waals surface area contributed by atoms with E-state index in [-0.39, 0.29) is 23.8 Å². The van der Waals surface area contributed by atoms with Gasteiger partial charge in [-0.2, -0.15) is 0 Å². The molecule has 3 N–H and O–H groups in total. The van der Waals surface area contributed by atoms with Gasteiger partial charge in [0.1, 0.15) is 12.2 Å². The summed E-state index contributed by atoms with van der Waals surface area (Å²) in [6.45, 7) is 19.3. The van der Waals surface area contributed by atoms with Gasteiger partial charge in [-0.25, -0.2) is 19.2 Å². The molecule has 16 heteroatoms. The number of fused-ring (bicyclic) bond motifs is 2. The Morgan fingerprint density at radius 2 is 1.62 bits per heavy atom. The first-order valence-corrected chi connectivity index (χ1v) is 20.2. The largest absolute Gasteiger partial charge is 0.479 e. The fourth-order valence-corrected chi connectivity index (χ4v) is 7.32. The lowest BCUT2D eigenvalue weighted by molar-refractivity contribution is -0.375. The molecule has 334 valence electrons. The molecule has 0 radical (unpaired) electrons. The molecule has 2 fully saturated rings. The van der Waals surface area contributed by atoms with Crippen LogP contribution >= 0.6 is 0 Å². The highest BCUT2D eigenvalue weighted by atomic mass is 16.8. The first kappa shape index (κ1) is 49.7. The zero-order chi connectivity index (χ0) is 45.4. The monoisotopic (exact) mass is 846 g/mol. The van der Waals surface area contributed by atoms with E-state index in [4.69, 9.17) is 33.2 Å². The Morgan fingerprint density at radius 1 is 0.983 bits per heavy atom. The van der Waals surface area contributed by atoms with Gasteiger partial charge in [0, 0.05) is 25.3 Å². The second kappa shape index (κ2) is 20.3. The maximum Gasteiger partial charge on any atom is 0.348 e. The van der Waals surface area contributed by atoms with Crippen LogP contribution in [0.15, 0.2) is 54.6 Å². The van der Waals surface area contributed by atoms with Crippen LogP contribution in [0.5, 0.6) is 0 Å². The van der Waals surface area contributed by atoms with E-state index in [9.17, 15) is 44.1 Å². The minimum absolute atomic E-state index is 0.141. The van der Waals surface area contributed by atoms with Crippen molar-refractivity contribution in [2.75, 3.05) is 6.79 Å². The summed E-state index contributed by atoms with van der Waals surface area (Å²) in [5, 5.41) is 35.7. The van der Waals surface area contributed by atoms with Gasteiger partial charge in [-0.1, -0.05) is 77.1 Å². The molecule has 2 heterocycles. The topological polar surface area (TPSA) is 228 Å². The quantitative estimate of drug-likeness (QED) is 0.0529. The maximum absolute atomic E-state index is 14.1. The molecule has 1 aromatic carbocycles. The summed E-state index contributed by atoms with van der Waals surface area (Å²) in [4.78, 5) is 80.0. The predicted molar refractivity (Wildman–Crippen MR) is 213 cm³/mol. The SMILES string of the molecule is C=C(CCC12OC(C(=O)OC(C)C)C(O)(C(=O)OCOC(=O)C(C)(C)C)C(C(=O)O)(O1)[C@H](OC(=O)/C=C/[C@@H](C)C[C@@H](C)CC)[C@H]2O)[C@@H](OC(C)=O)[C@H](C)Cc1ccccc1. The van der Waals surface area contributed by atoms with E-state index in [0.717, 1.165) is 18.1 Å². The van der Waals surface area contributed by atoms with Crippen molar-refractivity contribution in [3.8, 4) is 0 Å². The number of aliphatic carboxylic acids is 1. The third kappa shape index (κ3) is 11.2. The van der Waals surface area contributed by atoms with Crippen LogP contribution in [-0.4, -0.2) is 105 Å². The molecule has 2 aliphatic heterocycles. The van der Waals surface area contributed by atoms with E-state index < -0.39 is 102 Å². The third-order valence-corrected chi connectivity index (χ3v) is 10.6. The van der Waals surface area contributed by atoms with Crippen LogP contribution in [0.1, 0.15) is 100 Å². The molecule has 1 aromatic rings. The lowest BCUT2D eigenvalue weighted by Crippen LogP contribution is -2.78. The molecule has 2 bridgehead atoms. The van der Waals surface area contributed by atoms with Crippen molar-refractivity contribution in [3.05, 3.63) is 60.2 Å². The van der Waals surface area contributed by atoms with Crippen LogP contribution in [-0.2, 0) is 68.3 Å². The highest BCUT2D eigenvalue weighted by Crippen LogP contribution is 2.56. The Balaban J connectivity index is 2.17. The maximum atomic E-state index is 14.1. The molecule has 0 saturated carbocycles.